The monoisotopic (exact) mass is 416 g/mol. The van der Waals surface area contributed by atoms with Gasteiger partial charge in [-0.25, -0.2) is 4.68 Å². The van der Waals surface area contributed by atoms with Crippen molar-refractivity contribution in [3.05, 3.63) is 40.5 Å². The van der Waals surface area contributed by atoms with Gasteiger partial charge in [0.1, 0.15) is 5.82 Å². The van der Waals surface area contributed by atoms with Crippen LogP contribution in [0.1, 0.15) is 24.8 Å². The number of rotatable bonds is 5. The molecule has 1 N–H and O–H groups in total. The zero-order chi connectivity index (χ0) is 18.3. The number of nitrogens with zero attached hydrogens (tertiary/aromatic N) is 3. The largest absolute Gasteiger partial charge is 0.312 e. The Kier molecular flexibility index (Phi) is 4.56. The molecular weight excluding hydrogens is 396 g/mol. The van der Waals surface area contributed by atoms with Gasteiger partial charge in [-0.05, 0) is 43.9 Å². The van der Waals surface area contributed by atoms with Crippen molar-refractivity contribution in [2.24, 2.45) is 11.8 Å². The van der Waals surface area contributed by atoms with Gasteiger partial charge in [-0.15, -0.1) is 0 Å². The number of hydrogen-bond acceptors (Lipinski definition) is 3. The first-order chi connectivity index (χ1) is 12.5. The van der Waals surface area contributed by atoms with Crippen LogP contribution in [0.25, 0.3) is 0 Å². The SMILES string of the molecule is Cc1cnn(CC2CC2)c1NC(=O)C1CC(=O)N(c2cccc(Br)c2)C1. The second-order valence-electron chi connectivity index (χ2n) is 7.18. The first kappa shape index (κ1) is 17.3. The predicted octanol–water partition coefficient (Wildman–Crippen LogP) is 3.36. The predicted molar refractivity (Wildman–Crippen MR) is 103 cm³/mol. The summed E-state index contributed by atoms with van der Waals surface area (Å²) >= 11 is 3.43. The van der Waals surface area contributed by atoms with Crippen molar-refractivity contribution >= 4 is 39.2 Å². The summed E-state index contributed by atoms with van der Waals surface area (Å²) in [5.41, 5.74) is 1.77. The molecule has 1 aromatic heterocycles. The van der Waals surface area contributed by atoms with E-state index in [2.05, 4.69) is 26.3 Å². The molecule has 7 heteroatoms. The first-order valence-electron chi connectivity index (χ1n) is 8.90. The van der Waals surface area contributed by atoms with E-state index in [-0.39, 0.29) is 24.2 Å². The molecule has 6 nitrogen and oxygen atoms in total. The van der Waals surface area contributed by atoms with Gasteiger partial charge in [0.2, 0.25) is 11.8 Å². The third-order valence-electron chi connectivity index (χ3n) is 5.01. The van der Waals surface area contributed by atoms with Crippen LogP contribution in [-0.4, -0.2) is 28.1 Å². The fraction of sp³-hybridized carbons (Fsp3) is 0.421. The molecule has 1 aliphatic heterocycles. The maximum atomic E-state index is 12.8. The van der Waals surface area contributed by atoms with E-state index in [1.54, 1.807) is 11.1 Å². The number of hydrogen-bond donors (Lipinski definition) is 1. The lowest BCUT2D eigenvalue weighted by Crippen LogP contribution is -2.29. The summed E-state index contributed by atoms with van der Waals surface area (Å²) in [6, 6.07) is 7.59. The lowest BCUT2D eigenvalue weighted by Gasteiger charge is -2.17. The number of carbonyl (C=O) groups is 2. The molecule has 26 heavy (non-hydrogen) atoms. The molecule has 1 aromatic carbocycles. The van der Waals surface area contributed by atoms with Crippen molar-refractivity contribution < 1.29 is 9.59 Å². The number of amides is 2. The van der Waals surface area contributed by atoms with Gasteiger partial charge in [-0.3, -0.25) is 9.59 Å². The van der Waals surface area contributed by atoms with Crippen LogP contribution in [-0.2, 0) is 16.1 Å². The zero-order valence-corrected chi connectivity index (χ0v) is 16.2. The first-order valence-corrected chi connectivity index (χ1v) is 9.70. The van der Waals surface area contributed by atoms with Gasteiger partial charge >= 0.3 is 0 Å². The second-order valence-corrected chi connectivity index (χ2v) is 8.09. The molecule has 1 saturated carbocycles. The van der Waals surface area contributed by atoms with Crippen molar-refractivity contribution in [3.63, 3.8) is 0 Å². The smallest absolute Gasteiger partial charge is 0.230 e. The molecule has 1 unspecified atom stereocenters. The van der Waals surface area contributed by atoms with Gasteiger partial charge in [0.15, 0.2) is 0 Å². The lowest BCUT2D eigenvalue weighted by molar-refractivity contribution is -0.122. The van der Waals surface area contributed by atoms with Gasteiger partial charge in [0.25, 0.3) is 0 Å². The van der Waals surface area contributed by atoms with Crippen molar-refractivity contribution in [3.8, 4) is 0 Å². The van der Waals surface area contributed by atoms with Crippen LogP contribution in [0.3, 0.4) is 0 Å². The number of nitrogens with one attached hydrogen (secondary N) is 1. The van der Waals surface area contributed by atoms with Gasteiger partial charge in [0, 0.05) is 35.2 Å². The second kappa shape index (κ2) is 6.87. The molecule has 0 spiro atoms. The van der Waals surface area contributed by atoms with Gasteiger partial charge in [0.05, 0.1) is 12.1 Å². The minimum absolute atomic E-state index is 0.0218. The Morgan fingerprint density at radius 3 is 2.92 bits per heavy atom. The topological polar surface area (TPSA) is 67.2 Å². The number of aryl methyl sites for hydroxylation is 1. The normalized spacial score (nSPS) is 19.8. The maximum absolute atomic E-state index is 12.8. The van der Waals surface area contributed by atoms with Crippen molar-refractivity contribution in [1.29, 1.82) is 0 Å². The third kappa shape index (κ3) is 3.53. The van der Waals surface area contributed by atoms with E-state index >= 15 is 0 Å². The lowest BCUT2D eigenvalue weighted by atomic mass is 10.1. The van der Waals surface area contributed by atoms with Crippen molar-refractivity contribution in [2.75, 3.05) is 16.8 Å². The third-order valence-corrected chi connectivity index (χ3v) is 5.50. The Labute approximate surface area is 160 Å². The number of anilines is 2. The highest BCUT2D eigenvalue weighted by Crippen LogP contribution is 2.32. The van der Waals surface area contributed by atoms with Crippen molar-refractivity contribution in [1.82, 2.24) is 9.78 Å². The van der Waals surface area contributed by atoms with E-state index in [0.717, 1.165) is 28.1 Å². The molecule has 1 saturated heterocycles. The van der Waals surface area contributed by atoms with E-state index in [9.17, 15) is 9.59 Å². The zero-order valence-electron chi connectivity index (χ0n) is 14.6. The number of aromatic nitrogens is 2. The summed E-state index contributed by atoms with van der Waals surface area (Å²) in [6.07, 6.45) is 4.47. The minimum Gasteiger partial charge on any atom is -0.312 e. The summed E-state index contributed by atoms with van der Waals surface area (Å²) in [7, 11) is 0. The molecule has 0 bridgehead atoms. The van der Waals surface area contributed by atoms with Gasteiger partial charge in [-0.2, -0.15) is 5.10 Å². The maximum Gasteiger partial charge on any atom is 0.230 e. The average molecular weight is 417 g/mol. The molecule has 1 atom stereocenters. The van der Waals surface area contributed by atoms with Gasteiger partial charge < -0.3 is 10.2 Å². The number of carbonyl (C=O) groups excluding carboxylic acids is 2. The minimum atomic E-state index is -0.356. The highest BCUT2D eigenvalue weighted by Gasteiger charge is 2.36. The quantitative estimate of drug-likeness (QED) is 0.812. The summed E-state index contributed by atoms with van der Waals surface area (Å²) < 4.78 is 2.80. The molecule has 2 heterocycles. The van der Waals surface area contributed by atoms with Crippen molar-refractivity contribution in [2.45, 2.75) is 32.7 Å². The highest BCUT2D eigenvalue weighted by atomic mass is 79.9. The fourth-order valence-electron chi connectivity index (χ4n) is 3.32. The molecule has 1 aliphatic carbocycles. The van der Waals surface area contributed by atoms with Crippen LogP contribution in [0.4, 0.5) is 11.5 Å². The molecule has 2 aliphatic rings. The Morgan fingerprint density at radius 1 is 1.38 bits per heavy atom. The Morgan fingerprint density at radius 2 is 2.19 bits per heavy atom. The summed E-state index contributed by atoms with van der Waals surface area (Å²) in [4.78, 5) is 26.9. The highest BCUT2D eigenvalue weighted by molar-refractivity contribution is 9.10. The van der Waals surface area contributed by atoms with Crippen LogP contribution >= 0.6 is 15.9 Å². The average Bonchev–Trinajstić information content (AvgIpc) is 3.25. The molecule has 2 aromatic rings. The summed E-state index contributed by atoms with van der Waals surface area (Å²) in [5.74, 6) is 0.938. The van der Waals surface area contributed by atoms with E-state index in [1.165, 1.54) is 12.8 Å². The standard InChI is InChI=1S/C19H21BrN4O2/c1-12-9-21-24(10-13-5-6-13)18(12)22-19(26)14-7-17(25)23(11-14)16-4-2-3-15(20)8-16/h2-4,8-9,13-14H,5-7,10-11H2,1H3,(H,22,26). The molecule has 136 valence electrons. The Balaban J connectivity index is 1.46. The van der Waals surface area contributed by atoms with Crippen LogP contribution in [0.15, 0.2) is 34.9 Å². The number of benzene rings is 1. The summed E-state index contributed by atoms with van der Waals surface area (Å²) in [6.45, 7) is 3.19. The molecule has 4 rings (SSSR count). The molecule has 2 fully saturated rings. The Bertz CT molecular complexity index is 859. The van der Waals surface area contributed by atoms with Crippen LogP contribution in [0, 0.1) is 18.8 Å². The molecule has 0 radical (unpaired) electrons. The molecular formula is C19H21BrN4O2. The molecule has 2 amide bonds. The van der Waals surface area contributed by atoms with Crippen LogP contribution in [0.2, 0.25) is 0 Å². The summed E-state index contributed by atoms with van der Waals surface area (Å²) in [5, 5.41) is 7.39. The van der Waals surface area contributed by atoms with E-state index in [0.29, 0.717) is 12.5 Å². The number of halogens is 1. The van der Waals surface area contributed by atoms with E-state index < -0.39 is 0 Å². The van der Waals surface area contributed by atoms with Gasteiger partial charge in [-0.1, -0.05) is 22.0 Å². The fourth-order valence-corrected chi connectivity index (χ4v) is 3.71. The van der Waals surface area contributed by atoms with E-state index in [1.807, 2.05) is 35.9 Å². The van der Waals surface area contributed by atoms with Crippen LogP contribution < -0.4 is 10.2 Å². The van der Waals surface area contributed by atoms with E-state index in [4.69, 9.17) is 0 Å². The Hall–Kier alpha value is -2.15. The van der Waals surface area contributed by atoms with Crippen LogP contribution in [0.5, 0.6) is 0 Å².